The summed E-state index contributed by atoms with van der Waals surface area (Å²) in [5, 5.41) is 4.38. The number of rotatable bonds is 2. The number of benzene rings is 1. The lowest BCUT2D eigenvalue weighted by atomic mass is 10.1. The van der Waals surface area contributed by atoms with Crippen molar-refractivity contribution in [2.75, 3.05) is 0 Å². The first kappa shape index (κ1) is 10.9. The summed E-state index contributed by atoms with van der Waals surface area (Å²) in [6.45, 7) is 6.78. The minimum absolute atomic E-state index is 0.538. The number of aromatic nitrogens is 2. The summed E-state index contributed by atoms with van der Waals surface area (Å²) in [6.07, 6.45) is 1.84. The van der Waals surface area contributed by atoms with E-state index in [9.17, 15) is 0 Å². The highest BCUT2D eigenvalue weighted by atomic mass is 15.3. The average molecular weight is 215 g/mol. The minimum atomic E-state index is 0.538. The molecule has 1 aromatic carbocycles. The summed E-state index contributed by atoms with van der Waals surface area (Å²) in [6, 6.07) is 6.42. The summed E-state index contributed by atoms with van der Waals surface area (Å²) in [5.41, 5.74) is 11.5. The minimum Gasteiger partial charge on any atom is -0.326 e. The van der Waals surface area contributed by atoms with Crippen LogP contribution in [-0.4, -0.2) is 9.78 Å². The van der Waals surface area contributed by atoms with Gasteiger partial charge >= 0.3 is 0 Å². The molecule has 0 saturated heterocycles. The van der Waals surface area contributed by atoms with Crippen LogP contribution in [0.25, 0.3) is 5.69 Å². The largest absolute Gasteiger partial charge is 0.326 e. The van der Waals surface area contributed by atoms with Crippen LogP contribution in [0.15, 0.2) is 24.4 Å². The topological polar surface area (TPSA) is 43.8 Å². The Bertz CT molecular complexity index is 492. The van der Waals surface area contributed by atoms with Gasteiger partial charge in [0.2, 0.25) is 0 Å². The van der Waals surface area contributed by atoms with Gasteiger partial charge in [-0.3, -0.25) is 0 Å². The van der Waals surface area contributed by atoms with E-state index < -0.39 is 0 Å². The van der Waals surface area contributed by atoms with Crippen LogP contribution in [0, 0.1) is 20.8 Å². The fraction of sp³-hybridized carbons (Fsp3) is 0.308. The first-order chi connectivity index (χ1) is 7.61. The Balaban J connectivity index is 2.54. The van der Waals surface area contributed by atoms with Crippen molar-refractivity contribution in [3.8, 4) is 5.69 Å². The van der Waals surface area contributed by atoms with Gasteiger partial charge in [0.1, 0.15) is 0 Å². The fourth-order valence-corrected chi connectivity index (χ4v) is 1.98. The molecule has 2 N–H and O–H groups in total. The third-order valence-corrected chi connectivity index (χ3v) is 2.78. The van der Waals surface area contributed by atoms with Crippen molar-refractivity contribution < 1.29 is 0 Å². The molecule has 0 unspecified atom stereocenters. The molecule has 84 valence electrons. The monoisotopic (exact) mass is 215 g/mol. The average Bonchev–Trinajstić information content (AvgIpc) is 2.58. The smallest absolute Gasteiger partial charge is 0.0654 e. The standard InChI is InChI=1S/C13H17N3/c1-9-4-10(2)6-13(5-9)16-11(3)12(7-14)8-15-16/h4-6,8H,7,14H2,1-3H3. The molecule has 0 aliphatic carbocycles. The van der Waals surface area contributed by atoms with Gasteiger partial charge < -0.3 is 5.73 Å². The lowest BCUT2D eigenvalue weighted by Gasteiger charge is -2.07. The highest BCUT2D eigenvalue weighted by Crippen LogP contribution is 2.16. The van der Waals surface area contributed by atoms with Gasteiger partial charge in [-0.25, -0.2) is 4.68 Å². The number of nitrogens with zero attached hydrogens (tertiary/aromatic N) is 2. The van der Waals surface area contributed by atoms with Crippen molar-refractivity contribution in [3.63, 3.8) is 0 Å². The van der Waals surface area contributed by atoms with Gasteiger partial charge in [0, 0.05) is 17.8 Å². The van der Waals surface area contributed by atoms with Crippen LogP contribution in [0.2, 0.25) is 0 Å². The van der Waals surface area contributed by atoms with Gasteiger partial charge in [-0.05, 0) is 44.0 Å². The van der Waals surface area contributed by atoms with Crippen LogP contribution in [-0.2, 0) is 6.54 Å². The summed E-state index contributed by atoms with van der Waals surface area (Å²) in [5.74, 6) is 0. The molecule has 0 bridgehead atoms. The van der Waals surface area contributed by atoms with E-state index in [2.05, 4.69) is 37.1 Å². The molecule has 0 radical (unpaired) electrons. The number of hydrogen-bond acceptors (Lipinski definition) is 2. The number of hydrogen-bond donors (Lipinski definition) is 1. The quantitative estimate of drug-likeness (QED) is 0.835. The van der Waals surface area contributed by atoms with Crippen molar-refractivity contribution in [1.82, 2.24) is 9.78 Å². The molecular weight excluding hydrogens is 198 g/mol. The highest BCUT2D eigenvalue weighted by Gasteiger charge is 2.07. The van der Waals surface area contributed by atoms with Gasteiger partial charge in [-0.15, -0.1) is 0 Å². The van der Waals surface area contributed by atoms with E-state index in [0.717, 1.165) is 16.9 Å². The molecule has 2 aromatic rings. The van der Waals surface area contributed by atoms with E-state index in [1.807, 2.05) is 17.8 Å². The van der Waals surface area contributed by atoms with Gasteiger partial charge in [0.15, 0.2) is 0 Å². The van der Waals surface area contributed by atoms with E-state index in [-0.39, 0.29) is 0 Å². The second-order valence-corrected chi connectivity index (χ2v) is 4.22. The molecule has 0 saturated carbocycles. The predicted molar refractivity (Wildman–Crippen MR) is 65.7 cm³/mol. The maximum absolute atomic E-state index is 5.65. The zero-order valence-corrected chi connectivity index (χ0v) is 9.99. The van der Waals surface area contributed by atoms with E-state index in [1.54, 1.807) is 0 Å². The zero-order chi connectivity index (χ0) is 11.7. The Hall–Kier alpha value is -1.61. The van der Waals surface area contributed by atoms with Crippen LogP contribution in [0.4, 0.5) is 0 Å². The summed E-state index contributed by atoms with van der Waals surface area (Å²) >= 11 is 0. The fourth-order valence-electron chi connectivity index (χ4n) is 1.98. The molecule has 16 heavy (non-hydrogen) atoms. The molecule has 0 spiro atoms. The number of aryl methyl sites for hydroxylation is 2. The summed E-state index contributed by atoms with van der Waals surface area (Å²) in [7, 11) is 0. The second-order valence-electron chi connectivity index (χ2n) is 4.22. The van der Waals surface area contributed by atoms with Gasteiger partial charge in [-0.2, -0.15) is 5.10 Å². The van der Waals surface area contributed by atoms with Crippen LogP contribution in [0.5, 0.6) is 0 Å². The molecular formula is C13H17N3. The van der Waals surface area contributed by atoms with E-state index in [0.29, 0.717) is 6.54 Å². The molecule has 0 atom stereocenters. The third-order valence-electron chi connectivity index (χ3n) is 2.78. The highest BCUT2D eigenvalue weighted by molar-refractivity contribution is 5.40. The molecule has 0 fully saturated rings. The first-order valence-corrected chi connectivity index (χ1v) is 5.44. The van der Waals surface area contributed by atoms with Crippen LogP contribution >= 0.6 is 0 Å². The Morgan fingerprint density at radius 3 is 2.25 bits per heavy atom. The Morgan fingerprint density at radius 2 is 1.75 bits per heavy atom. The normalized spacial score (nSPS) is 10.8. The van der Waals surface area contributed by atoms with Crippen molar-refractivity contribution in [2.24, 2.45) is 5.73 Å². The molecule has 3 heteroatoms. The molecule has 2 rings (SSSR count). The zero-order valence-electron chi connectivity index (χ0n) is 9.99. The van der Waals surface area contributed by atoms with Gasteiger partial charge in [-0.1, -0.05) is 6.07 Å². The van der Waals surface area contributed by atoms with E-state index in [4.69, 9.17) is 5.73 Å². The van der Waals surface area contributed by atoms with Crippen molar-refractivity contribution in [1.29, 1.82) is 0 Å². The lowest BCUT2D eigenvalue weighted by molar-refractivity contribution is 0.841. The number of nitrogens with two attached hydrogens (primary N) is 1. The van der Waals surface area contributed by atoms with Crippen molar-refractivity contribution >= 4 is 0 Å². The van der Waals surface area contributed by atoms with E-state index in [1.165, 1.54) is 11.1 Å². The Labute approximate surface area is 95.9 Å². The maximum atomic E-state index is 5.65. The first-order valence-electron chi connectivity index (χ1n) is 5.44. The van der Waals surface area contributed by atoms with Crippen LogP contribution in [0.1, 0.15) is 22.4 Å². The van der Waals surface area contributed by atoms with Gasteiger partial charge in [0.25, 0.3) is 0 Å². The molecule has 0 amide bonds. The molecule has 3 nitrogen and oxygen atoms in total. The molecule has 1 aromatic heterocycles. The predicted octanol–water partition coefficient (Wildman–Crippen LogP) is 2.26. The van der Waals surface area contributed by atoms with Crippen molar-refractivity contribution in [3.05, 3.63) is 46.8 Å². The van der Waals surface area contributed by atoms with Crippen LogP contribution in [0.3, 0.4) is 0 Å². The third kappa shape index (κ3) is 1.86. The lowest BCUT2D eigenvalue weighted by Crippen LogP contribution is -2.02. The van der Waals surface area contributed by atoms with Gasteiger partial charge in [0.05, 0.1) is 11.9 Å². The Kier molecular flexibility index (Phi) is 2.79. The molecule has 0 aliphatic heterocycles. The SMILES string of the molecule is Cc1cc(C)cc(-n2ncc(CN)c2C)c1. The second kappa shape index (κ2) is 4.10. The van der Waals surface area contributed by atoms with Crippen LogP contribution < -0.4 is 5.73 Å². The maximum Gasteiger partial charge on any atom is 0.0654 e. The Morgan fingerprint density at radius 1 is 1.12 bits per heavy atom. The summed E-state index contributed by atoms with van der Waals surface area (Å²) in [4.78, 5) is 0. The van der Waals surface area contributed by atoms with E-state index >= 15 is 0 Å². The summed E-state index contributed by atoms with van der Waals surface area (Å²) < 4.78 is 1.95. The molecule has 1 heterocycles. The van der Waals surface area contributed by atoms with Crippen molar-refractivity contribution in [2.45, 2.75) is 27.3 Å². The molecule has 0 aliphatic rings.